The molecule has 0 aliphatic carbocycles. The molecule has 1 rings (SSSR count). The van der Waals surface area contributed by atoms with Crippen LogP contribution in [0.5, 0.6) is 0 Å². The summed E-state index contributed by atoms with van der Waals surface area (Å²) in [5.41, 5.74) is 0.873. The minimum atomic E-state index is -3.40. The summed E-state index contributed by atoms with van der Waals surface area (Å²) in [6, 6.07) is 7.51. The minimum Gasteiger partial charge on any atom is -0.316 e. The van der Waals surface area contributed by atoms with Crippen molar-refractivity contribution in [1.82, 2.24) is 9.62 Å². The quantitative estimate of drug-likeness (QED) is 0.869. The first-order valence-electron chi connectivity index (χ1n) is 6.55. The summed E-state index contributed by atoms with van der Waals surface area (Å²) in [6.07, 6.45) is 0.952. The van der Waals surface area contributed by atoms with E-state index in [9.17, 15) is 8.42 Å². The second-order valence-electron chi connectivity index (χ2n) is 4.92. The largest absolute Gasteiger partial charge is 0.316 e. The van der Waals surface area contributed by atoms with Gasteiger partial charge in [-0.1, -0.05) is 32.0 Å². The van der Waals surface area contributed by atoms with Gasteiger partial charge in [0.05, 0.1) is 4.90 Å². The second kappa shape index (κ2) is 6.50. The summed E-state index contributed by atoms with van der Waals surface area (Å²) < 4.78 is 26.0. The molecule has 1 N–H and O–H groups in total. The lowest BCUT2D eigenvalue weighted by Crippen LogP contribution is -2.31. The number of sulfonamides is 1. The molecule has 108 valence electrons. The highest BCUT2D eigenvalue weighted by Gasteiger charge is 2.25. The van der Waals surface area contributed by atoms with Crippen molar-refractivity contribution in [2.75, 3.05) is 21.1 Å². The van der Waals surface area contributed by atoms with Gasteiger partial charge in [0.1, 0.15) is 0 Å². The second-order valence-corrected chi connectivity index (χ2v) is 7.04. The molecule has 2 unspecified atom stereocenters. The Kier molecular flexibility index (Phi) is 5.52. The lowest BCUT2D eigenvalue weighted by Gasteiger charge is -2.25. The average Bonchev–Trinajstić information content (AvgIpc) is 2.39. The van der Waals surface area contributed by atoms with E-state index in [2.05, 4.69) is 19.2 Å². The van der Waals surface area contributed by atoms with Gasteiger partial charge < -0.3 is 5.32 Å². The van der Waals surface area contributed by atoms with Crippen LogP contribution in [-0.2, 0) is 10.0 Å². The highest BCUT2D eigenvalue weighted by atomic mass is 32.2. The molecule has 1 aromatic rings. The first-order valence-corrected chi connectivity index (χ1v) is 7.99. The summed E-state index contributed by atoms with van der Waals surface area (Å²) in [5.74, 6) is 0.140. The van der Waals surface area contributed by atoms with Crippen molar-refractivity contribution in [3.8, 4) is 0 Å². The van der Waals surface area contributed by atoms with Crippen LogP contribution in [0.25, 0.3) is 0 Å². The molecular formula is C14H24N2O2S. The average molecular weight is 284 g/mol. The Morgan fingerprint density at radius 3 is 2.32 bits per heavy atom. The molecule has 0 fully saturated rings. The lowest BCUT2D eigenvalue weighted by molar-refractivity contribution is 0.464. The van der Waals surface area contributed by atoms with E-state index < -0.39 is 10.0 Å². The maximum Gasteiger partial charge on any atom is 0.242 e. The Labute approximate surface area is 116 Å². The van der Waals surface area contributed by atoms with Gasteiger partial charge >= 0.3 is 0 Å². The van der Waals surface area contributed by atoms with Crippen molar-refractivity contribution in [3.05, 3.63) is 29.8 Å². The van der Waals surface area contributed by atoms with Gasteiger partial charge in [-0.15, -0.1) is 0 Å². The smallest absolute Gasteiger partial charge is 0.242 e. The third kappa shape index (κ3) is 3.35. The van der Waals surface area contributed by atoms with E-state index in [1.54, 1.807) is 26.2 Å². The van der Waals surface area contributed by atoms with E-state index in [4.69, 9.17) is 0 Å². The number of benzene rings is 1. The van der Waals surface area contributed by atoms with Crippen molar-refractivity contribution in [3.63, 3.8) is 0 Å². The number of nitrogens with one attached hydrogen (secondary N) is 1. The van der Waals surface area contributed by atoms with Gasteiger partial charge in [0.25, 0.3) is 0 Å². The minimum absolute atomic E-state index is 0.140. The van der Waals surface area contributed by atoms with Gasteiger partial charge in [-0.25, -0.2) is 12.7 Å². The van der Waals surface area contributed by atoms with Crippen LogP contribution >= 0.6 is 0 Å². The number of hydrogen-bond donors (Lipinski definition) is 1. The first kappa shape index (κ1) is 16.1. The topological polar surface area (TPSA) is 49.4 Å². The van der Waals surface area contributed by atoms with Crippen LogP contribution in [0.1, 0.15) is 31.7 Å². The fourth-order valence-electron chi connectivity index (χ4n) is 2.31. The van der Waals surface area contributed by atoms with Crippen LogP contribution in [0.4, 0.5) is 0 Å². The standard InChI is InChI=1S/C14H24N2O2S/c1-6-13(15-3)11(2)12-9-7-8-10-14(12)19(17,18)16(4)5/h7-11,13,15H,6H2,1-5H3. The normalized spacial score (nSPS) is 15.5. The van der Waals surface area contributed by atoms with Crippen molar-refractivity contribution in [1.29, 1.82) is 0 Å². The first-order chi connectivity index (χ1) is 8.86. The molecule has 2 atom stereocenters. The number of hydrogen-bond acceptors (Lipinski definition) is 3. The van der Waals surface area contributed by atoms with E-state index in [1.807, 2.05) is 19.2 Å². The molecule has 0 heterocycles. The van der Waals surface area contributed by atoms with Gasteiger partial charge in [0.15, 0.2) is 0 Å². The monoisotopic (exact) mass is 284 g/mol. The van der Waals surface area contributed by atoms with Gasteiger partial charge in [-0.05, 0) is 31.0 Å². The maximum atomic E-state index is 12.4. The Bertz CT molecular complexity index is 508. The zero-order valence-electron chi connectivity index (χ0n) is 12.3. The van der Waals surface area contributed by atoms with Crippen molar-refractivity contribution in [2.45, 2.75) is 37.1 Å². The van der Waals surface area contributed by atoms with Gasteiger partial charge in [0.2, 0.25) is 10.0 Å². The molecule has 5 heteroatoms. The Morgan fingerprint density at radius 1 is 1.26 bits per heavy atom. The van der Waals surface area contributed by atoms with Crippen LogP contribution < -0.4 is 5.32 Å². The summed E-state index contributed by atoms with van der Waals surface area (Å²) in [4.78, 5) is 0.404. The third-order valence-corrected chi connectivity index (χ3v) is 5.47. The molecule has 0 bridgehead atoms. The summed E-state index contributed by atoms with van der Waals surface area (Å²) in [5, 5.41) is 3.25. The molecule has 1 aromatic carbocycles. The van der Waals surface area contributed by atoms with E-state index >= 15 is 0 Å². The van der Waals surface area contributed by atoms with Crippen molar-refractivity contribution >= 4 is 10.0 Å². The van der Waals surface area contributed by atoms with Gasteiger partial charge in [0, 0.05) is 20.1 Å². The van der Waals surface area contributed by atoms with Crippen molar-refractivity contribution < 1.29 is 8.42 Å². The molecule has 0 saturated heterocycles. The van der Waals surface area contributed by atoms with Crippen LogP contribution in [0.15, 0.2) is 29.2 Å². The van der Waals surface area contributed by atoms with E-state index in [-0.39, 0.29) is 12.0 Å². The fourth-order valence-corrected chi connectivity index (χ4v) is 3.51. The maximum absolute atomic E-state index is 12.4. The highest BCUT2D eigenvalue weighted by Crippen LogP contribution is 2.28. The number of nitrogens with zero attached hydrogens (tertiary/aromatic N) is 1. The number of rotatable bonds is 6. The third-order valence-electron chi connectivity index (χ3n) is 3.58. The molecule has 0 amide bonds. The predicted octanol–water partition coefficient (Wildman–Crippen LogP) is 2.04. The van der Waals surface area contributed by atoms with Crippen LogP contribution in [0.3, 0.4) is 0 Å². The van der Waals surface area contributed by atoms with E-state index in [0.29, 0.717) is 4.90 Å². The van der Waals surface area contributed by atoms with Crippen LogP contribution in [-0.4, -0.2) is 39.9 Å². The zero-order valence-corrected chi connectivity index (χ0v) is 13.2. The fraction of sp³-hybridized carbons (Fsp3) is 0.571. The molecule has 0 saturated carbocycles. The summed E-state index contributed by atoms with van der Waals surface area (Å²) in [6.45, 7) is 4.16. The Morgan fingerprint density at radius 2 is 1.84 bits per heavy atom. The molecule has 0 radical (unpaired) electrons. The van der Waals surface area contributed by atoms with Gasteiger partial charge in [-0.2, -0.15) is 0 Å². The molecule has 0 aliphatic heterocycles. The SMILES string of the molecule is CCC(NC)C(C)c1ccccc1S(=O)(=O)N(C)C. The highest BCUT2D eigenvalue weighted by molar-refractivity contribution is 7.89. The van der Waals surface area contributed by atoms with Crippen LogP contribution in [0.2, 0.25) is 0 Å². The molecule has 0 aromatic heterocycles. The number of likely N-dealkylation sites (N-methyl/N-ethyl adjacent to an activating group) is 1. The zero-order chi connectivity index (χ0) is 14.6. The predicted molar refractivity (Wildman–Crippen MR) is 78.9 cm³/mol. The Hall–Kier alpha value is -0.910. The van der Waals surface area contributed by atoms with Gasteiger partial charge in [-0.3, -0.25) is 0 Å². The molecule has 0 aliphatic rings. The lowest BCUT2D eigenvalue weighted by atomic mass is 9.92. The van der Waals surface area contributed by atoms with Crippen LogP contribution in [0, 0.1) is 0 Å². The molecule has 0 spiro atoms. The van der Waals surface area contributed by atoms with Crippen molar-refractivity contribution in [2.24, 2.45) is 0 Å². The molecule has 19 heavy (non-hydrogen) atoms. The Balaban J connectivity index is 3.31. The van der Waals surface area contributed by atoms with E-state index in [0.717, 1.165) is 12.0 Å². The summed E-state index contributed by atoms with van der Waals surface area (Å²) in [7, 11) is 1.64. The van der Waals surface area contributed by atoms with E-state index in [1.165, 1.54) is 4.31 Å². The molecule has 4 nitrogen and oxygen atoms in total. The molecular weight excluding hydrogens is 260 g/mol. The summed E-state index contributed by atoms with van der Waals surface area (Å²) >= 11 is 0.